The SMILES string of the molecule is CCOC(=O)C1C(c2ccccc2)=NC2=C(C(=O)CC(C)(C)C2)[C@H]1c1cccc(O)c1. The van der Waals surface area contributed by atoms with Gasteiger partial charge in [-0.3, -0.25) is 14.6 Å². The number of phenolic OH excluding ortho intramolecular Hbond substituents is 1. The van der Waals surface area contributed by atoms with Crippen LogP contribution in [-0.2, 0) is 14.3 Å². The highest BCUT2D eigenvalue weighted by Crippen LogP contribution is 2.49. The second-order valence-electron chi connectivity index (χ2n) is 8.97. The van der Waals surface area contributed by atoms with E-state index in [0.29, 0.717) is 29.7 Å². The third kappa shape index (κ3) is 4.05. The second kappa shape index (κ2) is 8.14. The number of hydrogen-bond acceptors (Lipinski definition) is 5. The van der Waals surface area contributed by atoms with Gasteiger partial charge in [-0.05, 0) is 42.0 Å². The average molecular weight is 418 g/mol. The van der Waals surface area contributed by atoms with Gasteiger partial charge in [-0.15, -0.1) is 0 Å². The largest absolute Gasteiger partial charge is 0.508 e. The number of aromatic hydroxyl groups is 1. The van der Waals surface area contributed by atoms with Gasteiger partial charge in [0.2, 0.25) is 0 Å². The predicted molar refractivity (Wildman–Crippen MR) is 119 cm³/mol. The van der Waals surface area contributed by atoms with Crippen molar-refractivity contribution < 1.29 is 19.4 Å². The number of rotatable bonds is 4. The van der Waals surface area contributed by atoms with Crippen LogP contribution in [0.25, 0.3) is 0 Å². The number of Topliss-reactive ketones (excluding diaryl/α,β-unsaturated/α-hetero) is 1. The van der Waals surface area contributed by atoms with Crippen molar-refractivity contribution >= 4 is 17.5 Å². The number of allylic oxidation sites excluding steroid dienone is 2. The van der Waals surface area contributed by atoms with Crippen LogP contribution in [0.5, 0.6) is 5.75 Å². The van der Waals surface area contributed by atoms with E-state index in [0.717, 1.165) is 11.3 Å². The summed E-state index contributed by atoms with van der Waals surface area (Å²) in [6.07, 6.45) is 1.04. The Bertz CT molecular complexity index is 1080. The lowest BCUT2D eigenvalue weighted by Crippen LogP contribution is -2.40. The summed E-state index contributed by atoms with van der Waals surface area (Å²) in [5, 5.41) is 10.2. The van der Waals surface area contributed by atoms with Gasteiger partial charge >= 0.3 is 5.97 Å². The number of ketones is 1. The van der Waals surface area contributed by atoms with Crippen molar-refractivity contribution in [3.8, 4) is 5.75 Å². The van der Waals surface area contributed by atoms with Crippen molar-refractivity contribution in [2.75, 3.05) is 6.61 Å². The van der Waals surface area contributed by atoms with Crippen molar-refractivity contribution in [1.29, 1.82) is 0 Å². The van der Waals surface area contributed by atoms with Gasteiger partial charge in [-0.25, -0.2) is 0 Å². The highest BCUT2D eigenvalue weighted by Gasteiger charge is 2.47. The molecule has 2 aromatic carbocycles. The molecule has 0 radical (unpaired) electrons. The predicted octanol–water partition coefficient (Wildman–Crippen LogP) is 4.80. The Morgan fingerprint density at radius 1 is 1.13 bits per heavy atom. The van der Waals surface area contributed by atoms with Crippen molar-refractivity contribution in [1.82, 2.24) is 0 Å². The topological polar surface area (TPSA) is 76.0 Å². The molecule has 1 aliphatic heterocycles. The summed E-state index contributed by atoms with van der Waals surface area (Å²) >= 11 is 0. The molecule has 31 heavy (non-hydrogen) atoms. The standard InChI is InChI=1S/C26H27NO4/c1-4-31-25(30)23-21(17-11-8-12-18(28)13-17)22-19(14-26(2,3)15-20(22)29)27-24(23)16-9-6-5-7-10-16/h5-13,21,23,28H,4,14-15H2,1-3H3/t21-,23?/m1/s1. The molecule has 1 N–H and O–H groups in total. The molecule has 2 aromatic rings. The molecule has 4 rings (SSSR count). The number of nitrogens with zero attached hydrogens (tertiary/aromatic N) is 1. The molecule has 0 saturated heterocycles. The number of phenols is 1. The minimum absolute atomic E-state index is 0.00440. The zero-order valence-electron chi connectivity index (χ0n) is 18.1. The summed E-state index contributed by atoms with van der Waals surface area (Å²) in [6, 6.07) is 16.4. The minimum atomic E-state index is -0.770. The zero-order chi connectivity index (χ0) is 22.2. The lowest BCUT2D eigenvalue weighted by Gasteiger charge is -2.39. The maximum absolute atomic E-state index is 13.3. The molecule has 5 nitrogen and oxygen atoms in total. The van der Waals surface area contributed by atoms with E-state index in [1.54, 1.807) is 25.1 Å². The first-order valence-corrected chi connectivity index (χ1v) is 10.7. The summed E-state index contributed by atoms with van der Waals surface area (Å²) in [7, 11) is 0. The molecule has 0 bridgehead atoms. The highest BCUT2D eigenvalue weighted by molar-refractivity contribution is 6.16. The summed E-state index contributed by atoms with van der Waals surface area (Å²) in [6.45, 7) is 6.12. The zero-order valence-corrected chi connectivity index (χ0v) is 18.1. The number of benzene rings is 2. The molecule has 0 aromatic heterocycles. The molecule has 0 amide bonds. The molecule has 2 atom stereocenters. The second-order valence-corrected chi connectivity index (χ2v) is 8.97. The highest BCUT2D eigenvalue weighted by atomic mass is 16.5. The van der Waals surface area contributed by atoms with E-state index in [-0.39, 0.29) is 23.6 Å². The first kappa shape index (κ1) is 21.0. The van der Waals surface area contributed by atoms with E-state index in [2.05, 4.69) is 13.8 Å². The molecule has 160 valence electrons. The third-order valence-corrected chi connectivity index (χ3v) is 5.93. The Morgan fingerprint density at radius 3 is 2.55 bits per heavy atom. The number of carbonyl (C=O) groups excluding carboxylic acids is 2. The van der Waals surface area contributed by atoms with E-state index in [4.69, 9.17) is 9.73 Å². The fraction of sp³-hybridized carbons (Fsp3) is 0.346. The molecule has 5 heteroatoms. The van der Waals surface area contributed by atoms with E-state index in [9.17, 15) is 14.7 Å². The van der Waals surface area contributed by atoms with Crippen molar-refractivity contribution in [2.24, 2.45) is 16.3 Å². The first-order valence-electron chi connectivity index (χ1n) is 10.7. The molecular formula is C26H27NO4. The van der Waals surface area contributed by atoms with Gasteiger partial charge in [0.25, 0.3) is 0 Å². The summed E-state index contributed by atoms with van der Waals surface area (Å²) < 4.78 is 5.45. The van der Waals surface area contributed by atoms with Gasteiger partial charge in [0.15, 0.2) is 5.78 Å². The Hall–Kier alpha value is -3.21. The summed E-state index contributed by atoms with van der Waals surface area (Å²) in [5.41, 5.74) is 3.24. The van der Waals surface area contributed by atoms with Crippen LogP contribution in [0.2, 0.25) is 0 Å². The quantitative estimate of drug-likeness (QED) is 0.725. The number of ether oxygens (including phenoxy) is 1. The first-order chi connectivity index (χ1) is 14.8. The van der Waals surface area contributed by atoms with Gasteiger partial charge in [0.05, 0.1) is 12.3 Å². The molecule has 1 aliphatic carbocycles. The Labute approximate surface area is 182 Å². The maximum Gasteiger partial charge on any atom is 0.316 e. The number of aliphatic imine (C=N–C) groups is 1. The fourth-order valence-electron chi connectivity index (χ4n) is 4.70. The van der Waals surface area contributed by atoms with E-state index in [1.807, 2.05) is 36.4 Å². The Kier molecular flexibility index (Phi) is 5.52. The molecule has 0 fully saturated rings. The molecule has 1 heterocycles. The summed E-state index contributed by atoms with van der Waals surface area (Å²) in [4.78, 5) is 31.5. The van der Waals surface area contributed by atoms with Crippen LogP contribution >= 0.6 is 0 Å². The normalized spacial score (nSPS) is 22.5. The van der Waals surface area contributed by atoms with Crippen LogP contribution in [0.4, 0.5) is 0 Å². The molecule has 1 unspecified atom stereocenters. The van der Waals surface area contributed by atoms with E-state index in [1.165, 1.54) is 0 Å². The van der Waals surface area contributed by atoms with Gasteiger partial charge < -0.3 is 9.84 Å². The average Bonchev–Trinajstić information content (AvgIpc) is 2.72. The molecule has 2 aliphatic rings. The smallest absolute Gasteiger partial charge is 0.316 e. The van der Waals surface area contributed by atoms with Crippen LogP contribution in [-0.4, -0.2) is 29.2 Å². The lowest BCUT2D eigenvalue weighted by atomic mass is 9.66. The van der Waals surface area contributed by atoms with Gasteiger partial charge in [0.1, 0.15) is 11.7 Å². The van der Waals surface area contributed by atoms with Crippen LogP contribution in [0.3, 0.4) is 0 Å². The third-order valence-electron chi connectivity index (χ3n) is 5.93. The minimum Gasteiger partial charge on any atom is -0.508 e. The van der Waals surface area contributed by atoms with Crippen LogP contribution < -0.4 is 0 Å². The van der Waals surface area contributed by atoms with E-state index < -0.39 is 17.8 Å². The molecule has 0 saturated carbocycles. The van der Waals surface area contributed by atoms with Crippen molar-refractivity contribution in [3.63, 3.8) is 0 Å². The Morgan fingerprint density at radius 2 is 1.87 bits per heavy atom. The molecule has 0 spiro atoms. The van der Waals surface area contributed by atoms with Gasteiger partial charge in [-0.1, -0.05) is 56.3 Å². The van der Waals surface area contributed by atoms with Crippen LogP contribution in [0.1, 0.15) is 50.7 Å². The number of esters is 1. The number of hydrogen-bond donors (Lipinski definition) is 1. The fourth-order valence-corrected chi connectivity index (χ4v) is 4.70. The summed E-state index contributed by atoms with van der Waals surface area (Å²) in [5.74, 6) is -1.65. The van der Waals surface area contributed by atoms with Crippen LogP contribution in [0, 0.1) is 11.3 Å². The van der Waals surface area contributed by atoms with E-state index >= 15 is 0 Å². The van der Waals surface area contributed by atoms with Gasteiger partial charge in [-0.2, -0.15) is 0 Å². The monoisotopic (exact) mass is 417 g/mol. The van der Waals surface area contributed by atoms with Gasteiger partial charge in [0, 0.05) is 23.6 Å². The van der Waals surface area contributed by atoms with Crippen LogP contribution in [0.15, 0.2) is 70.9 Å². The number of carbonyl (C=O) groups is 2. The van der Waals surface area contributed by atoms with Crippen molar-refractivity contribution in [3.05, 3.63) is 77.0 Å². The van der Waals surface area contributed by atoms with Crippen molar-refractivity contribution in [2.45, 2.75) is 39.5 Å². The molecular weight excluding hydrogens is 390 g/mol. The lowest BCUT2D eigenvalue weighted by molar-refractivity contribution is -0.146. The maximum atomic E-state index is 13.3. The Balaban J connectivity index is 1.98.